The van der Waals surface area contributed by atoms with E-state index in [9.17, 15) is 5.11 Å². The Kier molecular flexibility index (Phi) is 4.11. The van der Waals surface area contributed by atoms with E-state index in [0.717, 1.165) is 16.5 Å². The van der Waals surface area contributed by atoms with Crippen molar-refractivity contribution in [2.24, 2.45) is 5.73 Å². The minimum atomic E-state index is -0.224. The molecule has 0 aromatic heterocycles. The molecule has 0 heterocycles. The molecule has 0 bridgehead atoms. The van der Waals surface area contributed by atoms with E-state index in [-0.39, 0.29) is 12.0 Å². The van der Waals surface area contributed by atoms with Crippen molar-refractivity contribution in [3.63, 3.8) is 0 Å². The number of nitrogens with two attached hydrogens (primary N) is 1. The summed E-state index contributed by atoms with van der Waals surface area (Å²) < 4.78 is 1.03. The fourth-order valence-electron chi connectivity index (χ4n) is 1.50. The molecule has 1 atom stereocenters. The van der Waals surface area contributed by atoms with E-state index in [2.05, 4.69) is 15.9 Å². The SMILES string of the molecule is CC(CO)(CCN)c1cccc(Br)c1. The summed E-state index contributed by atoms with van der Waals surface area (Å²) in [5.41, 5.74) is 6.44. The van der Waals surface area contributed by atoms with Crippen LogP contribution in [0, 0.1) is 0 Å². The first kappa shape index (κ1) is 11.7. The topological polar surface area (TPSA) is 46.2 Å². The summed E-state index contributed by atoms with van der Waals surface area (Å²) >= 11 is 3.42. The van der Waals surface area contributed by atoms with Gasteiger partial charge in [0.2, 0.25) is 0 Å². The van der Waals surface area contributed by atoms with Crippen LogP contribution in [0.1, 0.15) is 18.9 Å². The Labute approximate surface area is 93.3 Å². The lowest BCUT2D eigenvalue weighted by Crippen LogP contribution is -2.29. The van der Waals surface area contributed by atoms with Gasteiger partial charge in [-0.2, -0.15) is 0 Å². The second kappa shape index (κ2) is 4.91. The Bertz CT molecular complexity index is 303. The molecule has 3 N–H and O–H groups in total. The van der Waals surface area contributed by atoms with E-state index in [1.54, 1.807) is 0 Å². The zero-order chi connectivity index (χ0) is 10.6. The molecule has 3 heteroatoms. The maximum Gasteiger partial charge on any atom is 0.0525 e. The average molecular weight is 258 g/mol. The van der Waals surface area contributed by atoms with Crippen LogP contribution in [0.3, 0.4) is 0 Å². The Balaban J connectivity index is 2.99. The van der Waals surface area contributed by atoms with Gasteiger partial charge in [0.15, 0.2) is 0 Å². The van der Waals surface area contributed by atoms with Crippen molar-refractivity contribution in [3.8, 4) is 0 Å². The van der Waals surface area contributed by atoms with Gasteiger partial charge in [-0.15, -0.1) is 0 Å². The molecule has 0 aliphatic rings. The maximum atomic E-state index is 9.39. The van der Waals surface area contributed by atoms with Gasteiger partial charge in [0, 0.05) is 9.89 Å². The van der Waals surface area contributed by atoms with Crippen molar-refractivity contribution in [2.45, 2.75) is 18.8 Å². The zero-order valence-electron chi connectivity index (χ0n) is 8.33. The molecule has 0 saturated carbocycles. The molecule has 14 heavy (non-hydrogen) atoms. The smallest absolute Gasteiger partial charge is 0.0525 e. The third-order valence-electron chi connectivity index (χ3n) is 2.57. The number of rotatable bonds is 4. The van der Waals surface area contributed by atoms with Crippen LogP contribution in [-0.2, 0) is 5.41 Å². The first-order valence-electron chi connectivity index (χ1n) is 4.69. The minimum Gasteiger partial charge on any atom is -0.395 e. The summed E-state index contributed by atoms with van der Waals surface area (Å²) in [7, 11) is 0. The lowest BCUT2D eigenvalue weighted by atomic mass is 9.80. The fourth-order valence-corrected chi connectivity index (χ4v) is 1.90. The summed E-state index contributed by atoms with van der Waals surface area (Å²) in [5.74, 6) is 0. The van der Waals surface area contributed by atoms with Crippen molar-refractivity contribution < 1.29 is 5.11 Å². The molecule has 0 saturated heterocycles. The molecule has 1 aromatic rings. The molecule has 0 aliphatic heterocycles. The first-order valence-corrected chi connectivity index (χ1v) is 5.48. The summed E-state index contributed by atoms with van der Waals surface area (Å²) in [4.78, 5) is 0. The second-order valence-electron chi connectivity index (χ2n) is 3.77. The summed E-state index contributed by atoms with van der Waals surface area (Å²) in [6.45, 7) is 2.74. The molecule has 0 fully saturated rings. The van der Waals surface area contributed by atoms with Gasteiger partial charge in [0.05, 0.1) is 6.61 Å². The average Bonchev–Trinajstić information content (AvgIpc) is 2.18. The molecule has 2 nitrogen and oxygen atoms in total. The highest BCUT2D eigenvalue weighted by molar-refractivity contribution is 9.10. The Morgan fingerprint density at radius 3 is 2.71 bits per heavy atom. The largest absolute Gasteiger partial charge is 0.395 e. The highest BCUT2D eigenvalue weighted by Crippen LogP contribution is 2.28. The zero-order valence-corrected chi connectivity index (χ0v) is 9.92. The normalized spacial score (nSPS) is 15.1. The summed E-state index contributed by atoms with van der Waals surface area (Å²) in [5, 5.41) is 9.39. The van der Waals surface area contributed by atoms with E-state index < -0.39 is 0 Å². The first-order chi connectivity index (χ1) is 6.62. The molecular weight excluding hydrogens is 242 g/mol. The van der Waals surface area contributed by atoms with Crippen molar-refractivity contribution in [1.82, 2.24) is 0 Å². The predicted molar refractivity (Wildman–Crippen MR) is 62.3 cm³/mol. The number of halogens is 1. The fraction of sp³-hybridized carbons (Fsp3) is 0.455. The molecule has 0 spiro atoms. The van der Waals surface area contributed by atoms with Crippen LogP contribution < -0.4 is 5.73 Å². The van der Waals surface area contributed by atoms with Crippen molar-refractivity contribution in [3.05, 3.63) is 34.3 Å². The third-order valence-corrected chi connectivity index (χ3v) is 3.06. The monoisotopic (exact) mass is 257 g/mol. The van der Waals surface area contributed by atoms with Gasteiger partial charge in [-0.1, -0.05) is 35.0 Å². The van der Waals surface area contributed by atoms with Crippen LogP contribution in [0.5, 0.6) is 0 Å². The quantitative estimate of drug-likeness (QED) is 0.868. The molecule has 1 aromatic carbocycles. The van der Waals surface area contributed by atoms with Gasteiger partial charge in [-0.3, -0.25) is 0 Å². The van der Waals surface area contributed by atoms with E-state index in [4.69, 9.17) is 5.73 Å². The lowest BCUT2D eigenvalue weighted by Gasteiger charge is -2.27. The minimum absolute atomic E-state index is 0.126. The van der Waals surface area contributed by atoms with E-state index >= 15 is 0 Å². The summed E-state index contributed by atoms with van der Waals surface area (Å²) in [6.07, 6.45) is 0.792. The standard InChI is InChI=1S/C11H16BrNO/c1-11(8-14,5-6-13)9-3-2-4-10(12)7-9/h2-4,7,14H,5-6,8,13H2,1H3. The van der Waals surface area contributed by atoms with Gasteiger partial charge < -0.3 is 10.8 Å². The number of hydrogen-bond acceptors (Lipinski definition) is 2. The van der Waals surface area contributed by atoms with E-state index in [1.165, 1.54) is 0 Å². The van der Waals surface area contributed by atoms with Crippen LogP contribution >= 0.6 is 15.9 Å². The third kappa shape index (κ3) is 2.56. The van der Waals surface area contributed by atoms with Crippen molar-refractivity contribution in [2.75, 3.05) is 13.2 Å². The number of aliphatic hydroxyl groups is 1. The van der Waals surface area contributed by atoms with Crippen LogP contribution in [0.15, 0.2) is 28.7 Å². The van der Waals surface area contributed by atoms with Crippen molar-refractivity contribution in [1.29, 1.82) is 0 Å². The van der Waals surface area contributed by atoms with Gasteiger partial charge in [0.1, 0.15) is 0 Å². The second-order valence-corrected chi connectivity index (χ2v) is 4.68. The van der Waals surface area contributed by atoms with Crippen molar-refractivity contribution >= 4 is 15.9 Å². The molecular formula is C11H16BrNO. The lowest BCUT2D eigenvalue weighted by molar-refractivity contribution is 0.199. The molecule has 0 aliphatic carbocycles. The predicted octanol–water partition coefficient (Wildman–Crippen LogP) is 2.05. The number of hydrogen-bond donors (Lipinski definition) is 2. The Hall–Kier alpha value is -0.380. The van der Waals surface area contributed by atoms with Gasteiger partial charge >= 0.3 is 0 Å². The van der Waals surface area contributed by atoms with Crippen LogP contribution in [0.25, 0.3) is 0 Å². The number of benzene rings is 1. The molecule has 1 unspecified atom stereocenters. The van der Waals surface area contributed by atoms with E-state index in [0.29, 0.717) is 6.54 Å². The van der Waals surface area contributed by atoms with Crippen LogP contribution in [0.4, 0.5) is 0 Å². The maximum absolute atomic E-state index is 9.39. The molecule has 1 rings (SSSR count). The molecule has 0 radical (unpaired) electrons. The van der Waals surface area contributed by atoms with Crippen LogP contribution in [-0.4, -0.2) is 18.3 Å². The molecule has 0 amide bonds. The van der Waals surface area contributed by atoms with Crippen LogP contribution in [0.2, 0.25) is 0 Å². The van der Waals surface area contributed by atoms with Gasteiger partial charge in [-0.25, -0.2) is 0 Å². The Morgan fingerprint density at radius 1 is 1.50 bits per heavy atom. The molecule has 78 valence electrons. The Morgan fingerprint density at radius 2 is 2.21 bits per heavy atom. The van der Waals surface area contributed by atoms with E-state index in [1.807, 2.05) is 31.2 Å². The van der Waals surface area contributed by atoms with Gasteiger partial charge in [0.25, 0.3) is 0 Å². The number of aliphatic hydroxyl groups excluding tert-OH is 1. The highest BCUT2D eigenvalue weighted by Gasteiger charge is 2.24. The highest BCUT2D eigenvalue weighted by atomic mass is 79.9. The summed E-state index contributed by atoms with van der Waals surface area (Å²) in [6, 6.07) is 8.01. The van der Waals surface area contributed by atoms with Gasteiger partial charge in [-0.05, 0) is 30.7 Å².